The first-order valence-electron chi connectivity index (χ1n) is 26.2. The van der Waals surface area contributed by atoms with E-state index in [2.05, 4.69) is 195 Å². The first-order chi connectivity index (χ1) is 33.9. The monoisotopic (exact) mass is 1220 g/mol. The zero-order valence-electron chi connectivity index (χ0n) is 45.9. The summed E-state index contributed by atoms with van der Waals surface area (Å²) in [5.41, 5.74) is 10.3. The van der Waals surface area contributed by atoms with Crippen LogP contribution in [-0.2, 0) is 52.5 Å². The van der Waals surface area contributed by atoms with Crippen LogP contribution in [0.2, 0.25) is 0 Å². The van der Waals surface area contributed by atoms with Crippen LogP contribution >= 0.6 is 34.1 Å². The number of halogens is 4. The molecule has 0 amide bonds. The molecule has 4 aromatic rings. The van der Waals surface area contributed by atoms with Gasteiger partial charge in [-0.3, -0.25) is 4.99 Å². The van der Waals surface area contributed by atoms with Crippen molar-refractivity contribution in [1.29, 1.82) is 0 Å². The molecule has 0 heterocycles. The summed E-state index contributed by atoms with van der Waals surface area (Å²) >= 11 is -1.65. The fraction of sp³-hybridized carbons (Fsp3) is 0.462. The zero-order valence-corrected chi connectivity index (χ0v) is 53.8. The number of rotatable bonds is 9. The van der Waals surface area contributed by atoms with Gasteiger partial charge in [0.25, 0.3) is 0 Å². The molecular weight excluding hydrogens is 1130 g/mol. The van der Waals surface area contributed by atoms with Gasteiger partial charge in [-0.25, -0.2) is 0 Å². The number of nitrogens with zero attached hydrogens (tertiary/aromatic N) is 1. The van der Waals surface area contributed by atoms with E-state index in [1.54, 1.807) is 0 Å². The molecule has 5 aliphatic carbocycles. The molecule has 0 saturated heterocycles. The summed E-state index contributed by atoms with van der Waals surface area (Å²) in [5.74, 6) is 4.36. The molecule has 73 heavy (non-hydrogen) atoms. The summed E-state index contributed by atoms with van der Waals surface area (Å²) in [6.45, 7) is 21.6. The van der Waals surface area contributed by atoms with Crippen LogP contribution in [0.15, 0.2) is 156 Å². The van der Waals surface area contributed by atoms with E-state index in [0.717, 1.165) is 23.2 Å². The van der Waals surface area contributed by atoms with Crippen molar-refractivity contribution in [2.45, 2.75) is 131 Å². The van der Waals surface area contributed by atoms with Crippen LogP contribution in [0.25, 0.3) is 0 Å². The average molecular weight is 1220 g/mol. The maximum atomic E-state index is 11.0. The van der Waals surface area contributed by atoms with Crippen molar-refractivity contribution in [1.82, 2.24) is 0 Å². The molecule has 9 rings (SSSR count). The molecule has 8 heteroatoms. The Balaban J connectivity index is 0.000000296. The predicted octanol–water partition coefficient (Wildman–Crippen LogP) is 20.0. The molecule has 0 bridgehead atoms. The fourth-order valence-corrected chi connectivity index (χ4v) is 12.9. The van der Waals surface area contributed by atoms with E-state index in [4.69, 9.17) is 34.1 Å². The third kappa shape index (κ3) is 15.5. The molecule has 4 atom stereocenters. The number of benzene rings is 4. The second-order valence-corrected chi connectivity index (χ2v) is 30.7. The van der Waals surface area contributed by atoms with Crippen molar-refractivity contribution in [3.8, 4) is 5.75 Å². The summed E-state index contributed by atoms with van der Waals surface area (Å²) in [6, 6.07) is 37.9. The number of aromatic hydroxyl groups is 1. The van der Waals surface area contributed by atoms with E-state index in [1.807, 2.05) is 18.3 Å². The molecule has 392 valence electrons. The zero-order chi connectivity index (χ0) is 51.4. The van der Waals surface area contributed by atoms with E-state index in [-0.39, 0.29) is 36.5 Å². The SMILES string of the molecule is CC(C)(C)C1=CC2C(C=C1)C1C=CC(C(C)(C)C)=CC1C2C(c1ccccc1)(c1ccccc1)C1CCCC1.Cc1cc(C=NCC2CCCCC2)c(O)c(C(C)(C)c2ccccc2)c1.[CH3-].[CH3-].[Cl][Zr+2][Cl].[Cl][Zr][Cl]. The van der Waals surface area contributed by atoms with Gasteiger partial charge in [-0.1, -0.05) is 221 Å². The number of fused-ring (bicyclic) bond motifs is 3. The van der Waals surface area contributed by atoms with Gasteiger partial charge in [-0.15, -0.1) is 0 Å². The van der Waals surface area contributed by atoms with Crippen LogP contribution in [-0.4, -0.2) is 17.9 Å². The van der Waals surface area contributed by atoms with E-state index >= 15 is 0 Å². The Kier molecular flexibility index (Phi) is 25.6. The Morgan fingerprint density at radius 1 is 0.616 bits per heavy atom. The van der Waals surface area contributed by atoms with Gasteiger partial charge in [0.2, 0.25) is 0 Å². The Morgan fingerprint density at radius 2 is 1.03 bits per heavy atom. The third-order valence-electron chi connectivity index (χ3n) is 16.4. The van der Waals surface area contributed by atoms with Crippen LogP contribution in [0.1, 0.15) is 147 Å². The van der Waals surface area contributed by atoms with Gasteiger partial charge >= 0.3 is 75.7 Å². The Morgan fingerprint density at radius 3 is 1.45 bits per heavy atom. The summed E-state index contributed by atoms with van der Waals surface area (Å²) in [6.07, 6.45) is 29.5. The normalized spacial score (nSPS) is 21.7. The van der Waals surface area contributed by atoms with E-state index in [9.17, 15) is 5.11 Å². The van der Waals surface area contributed by atoms with Crippen LogP contribution in [0.4, 0.5) is 0 Å². The van der Waals surface area contributed by atoms with E-state index in [0.29, 0.717) is 47.2 Å². The van der Waals surface area contributed by atoms with Crippen molar-refractivity contribution in [3.63, 3.8) is 0 Å². The number of hydrogen-bond acceptors (Lipinski definition) is 2. The van der Waals surface area contributed by atoms with Crippen molar-refractivity contribution in [3.05, 3.63) is 199 Å². The van der Waals surface area contributed by atoms with Crippen LogP contribution in [0.3, 0.4) is 0 Å². The summed E-state index contributed by atoms with van der Waals surface area (Å²) in [7, 11) is 19.7. The molecule has 0 spiro atoms. The molecule has 0 radical (unpaired) electrons. The van der Waals surface area contributed by atoms with Crippen LogP contribution < -0.4 is 0 Å². The second kappa shape index (κ2) is 29.3. The van der Waals surface area contributed by atoms with Gasteiger partial charge in [0.05, 0.1) is 0 Å². The molecule has 3 fully saturated rings. The van der Waals surface area contributed by atoms with Crippen molar-refractivity contribution >= 4 is 40.3 Å². The number of aryl methyl sites for hydroxylation is 1. The minimum atomic E-state index is -0.826. The summed E-state index contributed by atoms with van der Waals surface area (Å²) in [5, 5.41) is 11.0. The van der Waals surface area contributed by atoms with E-state index < -0.39 is 41.7 Å². The predicted molar refractivity (Wildman–Crippen MR) is 313 cm³/mol. The molecule has 5 aliphatic rings. The van der Waals surface area contributed by atoms with Gasteiger partial charge in [-0.2, -0.15) is 0 Å². The van der Waals surface area contributed by atoms with Gasteiger partial charge in [0.15, 0.2) is 0 Å². The Bertz CT molecular complexity index is 2350. The molecule has 2 nitrogen and oxygen atoms in total. The fourth-order valence-electron chi connectivity index (χ4n) is 12.9. The van der Waals surface area contributed by atoms with Crippen LogP contribution in [0.5, 0.6) is 5.75 Å². The minimum absolute atomic E-state index is 0. The second-order valence-electron chi connectivity index (χ2n) is 23.3. The molecule has 3 saturated carbocycles. The summed E-state index contributed by atoms with van der Waals surface area (Å²) in [4.78, 5) is 4.68. The number of phenols is 1. The Hall–Kier alpha value is -1.76. The van der Waals surface area contributed by atoms with Crippen molar-refractivity contribution in [2.24, 2.45) is 57.2 Å². The van der Waals surface area contributed by atoms with Gasteiger partial charge in [0.1, 0.15) is 5.75 Å². The van der Waals surface area contributed by atoms with Gasteiger partial charge < -0.3 is 20.0 Å². The molecule has 1 N–H and O–H groups in total. The first kappa shape index (κ1) is 63.8. The molecular formula is C65H85Cl4NOZr2. The third-order valence-corrected chi connectivity index (χ3v) is 16.4. The van der Waals surface area contributed by atoms with Gasteiger partial charge in [0, 0.05) is 34.7 Å². The quantitative estimate of drug-likeness (QED) is 0.131. The molecule has 4 aromatic carbocycles. The number of allylic oxidation sites excluding steroid dienone is 8. The number of phenolic OH excluding ortho intramolecular Hbond substituents is 1. The molecule has 0 aromatic heterocycles. The topological polar surface area (TPSA) is 32.6 Å². The van der Waals surface area contributed by atoms with Crippen LogP contribution in [0, 0.1) is 74.0 Å². The molecule has 0 aliphatic heterocycles. The standard InChI is InChI=1S/C39H48.C24H31NO.2CH3.4ClH.2Zr/c1-37(2,3)30-21-23-32-33-24-22-31(38(4,5)6)26-35(33)36(34(32)25-30)39(29-19-13-14-20-29,27-15-9-7-10-16-27)28-17-11-8-12-18-28;1-18-14-20(17-25-16-19-10-6-4-7-11-19)23(26)22(15-18)24(2,3)21-12-8-5-9-13-21;;;;;;;;/h7-12,15-18,21-26,29,32-36H,13-14,19-20H2,1-6H3;5,8-9,12-15,17,19,26H,4,6-7,10-11,16H2,1-3H3;2*1H3;4*1H;;/q;;2*-1;;;;;+2;+4/p-4. The van der Waals surface area contributed by atoms with Crippen molar-refractivity contribution < 1.29 is 46.8 Å². The van der Waals surface area contributed by atoms with E-state index in [1.165, 1.54) is 85.6 Å². The maximum absolute atomic E-state index is 11.0. The average Bonchev–Trinajstić information content (AvgIpc) is 4.02. The number of hydrogen-bond donors (Lipinski definition) is 1. The first-order valence-corrected chi connectivity index (χ1v) is 38.8. The number of aliphatic imine (C=N–C) groups is 1. The molecule has 4 unspecified atom stereocenters. The van der Waals surface area contributed by atoms with Crippen molar-refractivity contribution in [2.75, 3.05) is 6.54 Å². The Labute approximate surface area is 481 Å². The van der Waals surface area contributed by atoms with Gasteiger partial charge in [-0.05, 0) is 124 Å². The summed E-state index contributed by atoms with van der Waals surface area (Å²) < 4.78 is 0.